The number of quaternary nitrogens is 1. The Hall–Kier alpha value is -2.71. The predicted molar refractivity (Wildman–Crippen MR) is 117 cm³/mol. The maximum atomic E-state index is 12.8. The number of aromatic nitrogens is 4. The van der Waals surface area contributed by atoms with Gasteiger partial charge in [0.2, 0.25) is 11.1 Å². The van der Waals surface area contributed by atoms with Gasteiger partial charge in [-0.05, 0) is 35.9 Å². The maximum absolute atomic E-state index is 12.8. The third-order valence-corrected chi connectivity index (χ3v) is 6.68. The molecule has 1 aliphatic rings. The number of amides is 1. The molecule has 0 radical (unpaired) electrons. The van der Waals surface area contributed by atoms with E-state index in [4.69, 9.17) is 0 Å². The summed E-state index contributed by atoms with van der Waals surface area (Å²) in [7, 11) is 0. The van der Waals surface area contributed by atoms with Gasteiger partial charge in [0.15, 0.2) is 0 Å². The molecule has 30 heavy (non-hydrogen) atoms. The molecule has 156 valence electrons. The summed E-state index contributed by atoms with van der Waals surface area (Å²) in [6.07, 6.45) is 0. The fraction of sp³-hybridized carbons (Fsp3) is 0.364. The average molecular weight is 424 g/mol. The summed E-state index contributed by atoms with van der Waals surface area (Å²) < 4.78 is 1.71. The normalized spacial score (nSPS) is 15.9. The lowest BCUT2D eigenvalue weighted by Gasteiger charge is -2.35. The van der Waals surface area contributed by atoms with Crippen LogP contribution in [-0.2, 0) is 4.79 Å². The van der Waals surface area contributed by atoms with Gasteiger partial charge in [-0.3, -0.25) is 4.79 Å². The first-order chi connectivity index (χ1) is 14.6. The van der Waals surface area contributed by atoms with Gasteiger partial charge >= 0.3 is 0 Å². The summed E-state index contributed by atoms with van der Waals surface area (Å²) in [5.41, 5.74) is 3.38. The first kappa shape index (κ1) is 20.6. The molecule has 1 aliphatic heterocycles. The van der Waals surface area contributed by atoms with Gasteiger partial charge in [0, 0.05) is 5.56 Å². The van der Waals surface area contributed by atoms with Crippen molar-refractivity contribution in [2.75, 3.05) is 31.9 Å². The van der Waals surface area contributed by atoms with E-state index in [0.717, 1.165) is 37.4 Å². The highest BCUT2D eigenvalue weighted by Gasteiger charge is 2.28. The number of hydrogen-bond acceptors (Lipinski definition) is 5. The molecule has 0 aliphatic carbocycles. The van der Waals surface area contributed by atoms with Crippen LogP contribution < -0.4 is 4.90 Å². The number of tetrazole rings is 1. The molecule has 1 amide bonds. The van der Waals surface area contributed by atoms with Crippen molar-refractivity contribution in [1.82, 2.24) is 25.1 Å². The molecule has 0 spiro atoms. The largest absolute Gasteiger partial charge is 0.331 e. The minimum absolute atomic E-state index is 0.144. The second kappa shape index (κ2) is 9.40. The number of nitrogens with one attached hydrogen (secondary N) is 1. The Labute approximate surface area is 181 Å². The molecule has 1 saturated heterocycles. The Morgan fingerprint density at radius 1 is 1.10 bits per heavy atom. The van der Waals surface area contributed by atoms with Gasteiger partial charge in [0.25, 0.3) is 0 Å². The van der Waals surface area contributed by atoms with E-state index in [2.05, 4.69) is 52.8 Å². The van der Waals surface area contributed by atoms with Gasteiger partial charge in [0.1, 0.15) is 6.04 Å². The molecule has 0 saturated carbocycles. The number of thioether (sulfide) groups is 1. The van der Waals surface area contributed by atoms with E-state index in [1.807, 2.05) is 36.1 Å². The van der Waals surface area contributed by atoms with Gasteiger partial charge in [-0.1, -0.05) is 60.3 Å². The van der Waals surface area contributed by atoms with Crippen LogP contribution in [0.4, 0.5) is 0 Å². The molecule has 2 heterocycles. The van der Waals surface area contributed by atoms with Crippen molar-refractivity contribution in [2.24, 2.45) is 0 Å². The SMILES string of the molecule is Cc1ccccc1-n1nnnc1SCC(=O)N1CC[NH+]([C@H](C)c2ccccc2)CC1. The monoisotopic (exact) mass is 423 g/mol. The highest BCUT2D eigenvalue weighted by Crippen LogP contribution is 2.20. The lowest BCUT2D eigenvalue weighted by Crippen LogP contribution is -3.14. The molecule has 3 aromatic rings. The number of aryl methyl sites for hydroxylation is 1. The standard InChI is InChI=1S/C22H26N6OS/c1-17-8-6-7-11-20(17)28-22(23-24-25-28)30-16-21(29)27-14-12-26(13-15-27)18(2)19-9-4-3-5-10-19/h3-11,18H,12-16H2,1-2H3/p+1/t18-/m1/s1. The quantitative estimate of drug-likeness (QED) is 0.610. The van der Waals surface area contributed by atoms with E-state index in [-0.39, 0.29) is 5.91 Å². The number of carbonyl (C=O) groups excluding carboxylic acids is 1. The Balaban J connectivity index is 1.31. The smallest absolute Gasteiger partial charge is 0.233 e. The molecule has 1 N–H and O–H groups in total. The number of para-hydroxylation sites is 1. The van der Waals surface area contributed by atoms with Crippen LogP contribution in [0.15, 0.2) is 59.8 Å². The molecule has 0 unspecified atom stereocenters. The maximum Gasteiger partial charge on any atom is 0.233 e. The molecular formula is C22H27N6OS+. The Kier molecular flexibility index (Phi) is 6.44. The number of benzene rings is 2. The lowest BCUT2D eigenvalue weighted by atomic mass is 10.1. The molecule has 1 aromatic heterocycles. The molecule has 8 heteroatoms. The van der Waals surface area contributed by atoms with Crippen LogP contribution in [0.2, 0.25) is 0 Å². The molecule has 1 atom stereocenters. The number of carbonyl (C=O) groups is 1. The van der Waals surface area contributed by atoms with Crippen molar-refractivity contribution >= 4 is 17.7 Å². The van der Waals surface area contributed by atoms with Crippen molar-refractivity contribution in [3.63, 3.8) is 0 Å². The lowest BCUT2D eigenvalue weighted by molar-refractivity contribution is -0.933. The molecule has 7 nitrogen and oxygen atoms in total. The fourth-order valence-corrected chi connectivity index (χ4v) is 4.68. The van der Waals surface area contributed by atoms with Crippen molar-refractivity contribution in [1.29, 1.82) is 0 Å². The highest BCUT2D eigenvalue weighted by atomic mass is 32.2. The number of rotatable bonds is 6. The minimum atomic E-state index is 0.144. The second-order valence-electron chi connectivity index (χ2n) is 7.62. The molecule has 1 fully saturated rings. The predicted octanol–water partition coefficient (Wildman–Crippen LogP) is 1.55. The Bertz CT molecular complexity index is 984. The van der Waals surface area contributed by atoms with Gasteiger partial charge < -0.3 is 9.80 Å². The third-order valence-electron chi connectivity index (χ3n) is 5.78. The molecule has 4 rings (SSSR count). The van der Waals surface area contributed by atoms with E-state index in [1.165, 1.54) is 22.2 Å². The van der Waals surface area contributed by atoms with Gasteiger partial charge in [-0.2, -0.15) is 4.68 Å². The zero-order chi connectivity index (χ0) is 20.9. The van der Waals surface area contributed by atoms with Crippen LogP contribution in [0, 0.1) is 6.92 Å². The van der Waals surface area contributed by atoms with Crippen LogP contribution in [0.3, 0.4) is 0 Å². The average Bonchev–Trinajstić information content (AvgIpc) is 3.26. The van der Waals surface area contributed by atoms with E-state index in [1.54, 1.807) is 4.68 Å². The zero-order valence-corrected chi connectivity index (χ0v) is 18.2. The second-order valence-corrected chi connectivity index (χ2v) is 8.56. The van der Waals surface area contributed by atoms with Crippen molar-refractivity contribution in [3.05, 3.63) is 65.7 Å². The first-order valence-electron chi connectivity index (χ1n) is 10.3. The van der Waals surface area contributed by atoms with E-state index in [9.17, 15) is 4.79 Å². The van der Waals surface area contributed by atoms with Crippen LogP contribution in [0.5, 0.6) is 0 Å². The van der Waals surface area contributed by atoms with Gasteiger partial charge in [-0.15, -0.1) is 5.10 Å². The van der Waals surface area contributed by atoms with Crippen molar-refractivity contribution in [3.8, 4) is 5.69 Å². The number of nitrogens with zero attached hydrogens (tertiary/aromatic N) is 5. The summed E-state index contributed by atoms with van der Waals surface area (Å²) in [4.78, 5) is 16.3. The summed E-state index contributed by atoms with van der Waals surface area (Å²) in [5.74, 6) is 0.487. The molecular weight excluding hydrogens is 396 g/mol. The molecule has 0 bridgehead atoms. The zero-order valence-electron chi connectivity index (χ0n) is 17.4. The highest BCUT2D eigenvalue weighted by molar-refractivity contribution is 7.99. The first-order valence-corrected chi connectivity index (χ1v) is 11.3. The summed E-state index contributed by atoms with van der Waals surface area (Å²) in [5, 5.41) is 12.7. The van der Waals surface area contributed by atoms with Crippen molar-refractivity contribution in [2.45, 2.75) is 25.0 Å². The fourth-order valence-electron chi connectivity index (χ4n) is 3.89. The summed E-state index contributed by atoms with van der Waals surface area (Å²) in [6.45, 7) is 7.79. The number of hydrogen-bond donors (Lipinski definition) is 1. The Morgan fingerprint density at radius 3 is 2.53 bits per heavy atom. The van der Waals surface area contributed by atoms with Crippen LogP contribution >= 0.6 is 11.8 Å². The van der Waals surface area contributed by atoms with E-state index >= 15 is 0 Å². The van der Waals surface area contributed by atoms with E-state index < -0.39 is 0 Å². The van der Waals surface area contributed by atoms with Gasteiger partial charge in [0.05, 0.1) is 37.6 Å². The van der Waals surface area contributed by atoms with Gasteiger partial charge in [-0.25, -0.2) is 0 Å². The summed E-state index contributed by atoms with van der Waals surface area (Å²) >= 11 is 1.39. The van der Waals surface area contributed by atoms with Crippen molar-refractivity contribution < 1.29 is 9.69 Å². The minimum Gasteiger partial charge on any atom is -0.331 e. The number of piperazine rings is 1. The van der Waals surface area contributed by atoms with Crippen LogP contribution in [0.1, 0.15) is 24.1 Å². The van der Waals surface area contributed by atoms with E-state index in [0.29, 0.717) is 17.0 Å². The molecule has 2 aromatic carbocycles. The Morgan fingerprint density at radius 2 is 1.80 bits per heavy atom. The topological polar surface area (TPSA) is 68.4 Å². The van der Waals surface area contributed by atoms with Crippen LogP contribution in [-0.4, -0.2) is 62.9 Å². The third kappa shape index (κ3) is 4.55. The summed E-state index contributed by atoms with van der Waals surface area (Å²) in [6, 6.07) is 19.0. The van der Waals surface area contributed by atoms with Crippen LogP contribution in [0.25, 0.3) is 5.69 Å².